The Morgan fingerprint density at radius 1 is 1.45 bits per heavy atom. The Kier molecular flexibility index (Phi) is 5.13. The molecule has 5 heteroatoms. The van der Waals surface area contributed by atoms with Gasteiger partial charge in [0.15, 0.2) is 5.76 Å². The predicted octanol–water partition coefficient (Wildman–Crippen LogP) is 3.32. The number of carbonyl (C=O) groups is 2. The highest BCUT2D eigenvalue weighted by Gasteiger charge is 2.26. The van der Waals surface area contributed by atoms with Crippen molar-refractivity contribution < 1.29 is 18.7 Å². The molecule has 0 aliphatic carbocycles. The molecule has 1 unspecified atom stereocenters. The lowest BCUT2D eigenvalue weighted by Gasteiger charge is -2.22. The zero-order valence-electron chi connectivity index (χ0n) is 12.4. The minimum absolute atomic E-state index is 0.201. The van der Waals surface area contributed by atoms with Gasteiger partial charge in [-0.2, -0.15) is 0 Å². The lowest BCUT2D eigenvalue weighted by Crippen LogP contribution is -2.43. The molecule has 0 saturated heterocycles. The van der Waals surface area contributed by atoms with E-state index in [0.717, 1.165) is 5.57 Å². The maximum atomic E-state index is 12.2. The average molecular weight is 279 g/mol. The van der Waals surface area contributed by atoms with E-state index in [9.17, 15) is 9.59 Å². The van der Waals surface area contributed by atoms with Crippen LogP contribution in [-0.2, 0) is 4.74 Å². The van der Waals surface area contributed by atoms with Crippen molar-refractivity contribution in [3.05, 3.63) is 36.3 Å². The van der Waals surface area contributed by atoms with Crippen LogP contribution in [0.2, 0.25) is 0 Å². The molecule has 110 valence electrons. The molecule has 0 spiro atoms. The fourth-order valence-electron chi connectivity index (χ4n) is 1.60. The average Bonchev–Trinajstić information content (AvgIpc) is 2.76. The van der Waals surface area contributed by atoms with Gasteiger partial charge >= 0.3 is 6.09 Å². The summed E-state index contributed by atoms with van der Waals surface area (Å²) in [5.74, 6) is -0.101. The summed E-state index contributed by atoms with van der Waals surface area (Å²) in [5.41, 5.74) is 0.164. The van der Waals surface area contributed by atoms with Crippen molar-refractivity contribution in [2.45, 2.75) is 45.8 Å². The highest BCUT2D eigenvalue weighted by molar-refractivity contribution is 5.99. The monoisotopic (exact) mass is 279 g/mol. The summed E-state index contributed by atoms with van der Waals surface area (Å²) in [6.07, 6.45) is 1.11. The van der Waals surface area contributed by atoms with Crippen molar-refractivity contribution in [2.24, 2.45) is 0 Å². The second kappa shape index (κ2) is 6.41. The second-order valence-corrected chi connectivity index (χ2v) is 5.70. The van der Waals surface area contributed by atoms with Crippen molar-refractivity contribution in [3.63, 3.8) is 0 Å². The standard InChI is InChI=1S/C15H21NO4/c1-10(2)9-11(13(17)12-7-6-8-19-12)16-14(18)20-15(3,4)5/h6-8,11H,1,9H2,2-5H3,(H,16,18). The Hall–Kier alpha value is -2.04. The molecule has 0 aliphatic rings. The number of hydrogen-bond acceptors (Lipinski definition) is 4. The van der Waals surface area contributed by atoms with Crippen LogP contribution in [0.3, 0.4) is 0 Å². The predicted molar refractivity (Wildman–Crippen MR) is 75.6 cm³/mol. The first-order valence-electron chi connectivity index (χ1n) is 6.40. The lowest BCUT2D eigenvalue weighted by atomic mass is 10.0. The molecule has 1 heterocycles. The smallest absolute Gasteiger partial charge is 0.408 e. The number of Topliss-reactive ketones (excluding diaryl/α,β-unsaturated/α-hetero) is 1. The summed E-state index contributed by atoms with van der Waals surface area (Å²) in [6.45, 7) is 10.8. The van der Waals surface area contributed by atoms with Crippen LogP contribution in [0.15, 0.2) is 35.0 Å². The van der Waals surface area contributed by atoms with E-state index in [0.29, 0.717) is 6.42 Å². The molecular weight excluding hydrogens is 258 g/mol. The molecule has 0 bridgehead atoms. The Morgan fingerprint density at radius 3 is 2.55 bits per heavy atom. The molecule has 1 amide bonds. The van der Waals surface area contributed by atoms with Crippen molar-refractivity contribution in [2.75, 3.05) is 0 Å². The van der Waals surface area contributed by atoms with Crippen molar-refractivity contribution in [1.29, 1.82) is 0 Å². The van der Waals surface area contributed by atoms with Gasteiger partial charge in [-0.05, 0) is 46.2 Å². The third-order valence-corrected chi connectivity index (χ3v) is 2.32. The first kappa shape index (κ1) is 16.0. The summed E-state index contributed by atoms with van der Waals surface area (Å²) in [5, 5.41) is 2.56. The summed E-state index contributed by atoms with van der Waals surface area (Å²) in [6, 6.07) is 2.44. The number of ether oxygens (including phenoxy) is 1. The number of amides is 1. The Labute approximate surface area is 119 Å². The lowest BCUT2D eigenvalue weighted by molar-refractivity contribution is 0.0489. The van der Waals surface area contributed by atoms with Crippen molar-refractivity contribution >= 4 is 11.9 Å². The van der Waals surface area contributed by atoms with Crippen LogP contribution >= 0.6 is 0 Å². The van der Waals surface area contributed by atoms with E-state index in [1.165, 1.54) is 6.26 Å². The minimum Gasteiger partial charge on any atom is -0.461 e. The Morgan fingerprint density at radius 2 is 2.10 bits per heavy atom. The van der Waals surface area contributed by atoms with Crippen LogP contribution in [-0.4, -0.2) is 23.5 Å². The van der Waals surface area contributed by atoms with E-state index in [2.05, 4.69) is 11.9 Å². The van der Waals surface area contributed by atoms with E-state index in [4.69, 9.17) is 9.15 Å². The highest BCUT2D eigenvalue weighted by Crippen LogP contribution is 2.13. The van der Waals surface area contributed by atoms with Gasteiger partial charge in [0.05, 0.1) is 6.26 Å². The van der Waals surface area contributed by atoms with Crippen LogP contribution in [0.25, 0.3) is 0 Å². The van der Waals surface area contributed by atoms with E-state index in [1.807, 2.05) is 0 Å². The SMILES string of the molecule is C=C(C)CC(NC(=O)OC(C)(C)C)C(=O)c1ccco1. The Balaban J connectivity index is 2.77. The van der Waals surface area contributed by atoms with Gasteiger partial charge in [-0.1, -0.05) is 5.57 Å². The summed E-state index contributed by atoms with van der Waals surface area (Å²) < 4.78 is 10.2. The van der Waals surface area contributed by atoms with Crippen LogP contribution < -0.4 is 5.32 Å². The molecule has 1 N–H and O–H groups in total. The minimum atomic E-state index is -0.742. The van der Waals surface area contributed by atoms with Gasteiger partial charge in [0, 0.05) is 0 Å². The largest absolute Gasteiger partial charge is 0.461 e. The quantitative estimate of drug-likeness (QED) is 0.663. The van der Waals surface area contributed by atoms with Gasteiger partial charge in [-0.25, -0.2) is 4.79 Å². The maximum absolute atomic E-state index is 12.2. The fraction of sp³-hybridized carbons (Fsp3) is 0.467. The van der Waals surface area contributed by atoms with Crippen LogP contribution in [0.5, 0.6) is 0 Å². The first-order valence-corrected chi connectivity index (χ1v) is 6.40. The number of ketones is 1. The van der Waals surface area contributed by atoms with E-state index in [1.54, 1.807) is 39.8 Å². The third-order valence-electron chi connectivity index (χ3n) is 2.32. The first-order chi connectivity index (χ1) is 9.19. The van der Waals surface area contributed by atoms with Crippen molar-refractivity contribution in [1.82, 2.24) is 5.32 Å². The molecule has 0 saturated carbocycles. The zero-order valence-corrected chi connectivity index (χ0v) is 12.4. The second-order valence-electron chi connectivity index (χ2n) is 5.70. The number of furan rings is 1. The molecule has 0 fully saturated rings. The fourth-order valence-corrected chi connectivity index (χ4v) is 1.60. The Bertz CT molecular complexity index is 482. The van der Waals surface area contributed by atoms with Gasteiger partial charge in [-0.3, -0.25) is 4.79 Å². The van der Waals surface area contributed by atoms with Gasteiger partial charge in [0.2, 0.25) is 5.78 Å². The van der Waals surface area contributed by atoms with Gasteiger partial charge in [0.1, 0.15) is 11.6 Å². The maximum Gasteiger partial charge on any atom is 0.408 e. The van der Waals surface area contributed by atoms with E-state index >= 15 is 0 Å². The summed E-state index contributed by atoms with van der Waals surface area (Å²) >= 11 is 0. The van der Waals surface area contributed by atoms with E-state index in [-0.39, 0.29) is 11.5 Å². The molecule has 0 aromatic carbocycles. The molecule has 1 atom stereocenters. The number of hydrogen-bond donors (Lipinski definition) is 1. The third kappa shape index (κ3) is 5.30. The normalized spacial score (nSPS) is 12.6. The molecule has 1 aromatic rings. The number of alkyl carbamates (subject to hydrolysis) is 1. The highest BCUT2D eigenvalue weighted by atomic mass is 16.6. The van der Waals surface area contributed by atoms with Crippen LogP contribution in [0.1, 0.15) is 44.7 Å². The number of nitrogens with one attached hydrogen (secondary N) is 1. The van der Waals surface area contributed by atoms with Crippen LogP contribution in [0, 0.1) is 0 Å². The van der Waals surface area contributed by atoms with Crippen molar-refractivity contribution in [3.8, 4) is 0 Å². The van der Waals surface area contributed by atoms with Crippen LogP contribution in [0.4, 0.5) is 4.79 Å². The number of carbonyl (C=O) groups excluding carboxylic acids is 2. The topological polar surface area (TPSA) is 68.5 Å². The van der Waals surface area contributed by atoms with Gasteiger partial charge in [0.25, 0.3) is 0 Å². The molecule has 5 nitrogen and oxygen atoms in total. The molecule has 1 aromatic heterocycles. The van der Waals surface area contributed by atoms with Gasteiger partial charge in [-0.15, -0.1) is 6.58 Å². The molecule has 0 aliphatic heterocycles. The van der Waals surface area contributed by atoms with E-state index < -0.39 is 17.7 Å². The number of rotatable bonds is 5. The summed E-state index contributed by atoms with van der Waals surface area (Å²) in [4.78, 5) is 24.0. The van der Waals surface area contributed by atoms with Gasteiger partial charge < -0.3 is 14.5 Å². The summed E-state index contributed by atoms with van der Waals surface area (Å²) in [7, 11) is 0. The molecular formula is C15H21NO4. The zero-order chi connectivity index (χ0) is 15.3. The molecule has 20 heavy (non-hydrogen) atoms. The molecule has 0 radical (unpaired) electrons. The molecule has 1 rings (SSSR count).